The van der Waals surface area contributed by atoms with Crippen LogP contribution in [0, 0.1) is 0 Å². The Morgan fingerprint density at radius 2 is 1.86 bits per heavy atom. The van der Waals surface area contributed by atoms with E-state index in [0.717, 1.165) is 37.9 Å². The van der Waals surface area contributed by atoms with Crippen LogP contribution in [0.1, 0.15) is 5.56 Å². The Kier molecular flexibility index (Phi) is 4.52. The van der Waals surface area contributed by atoms with Crippen LogP contribution >= 0.6 is 39.3 Å². The summed E-state index contributed by atoms with van der Waals surface area (Å²) in [5.74, 6) is 2.34. The summed E-state index contributed by atoms with van der Waals surface area (Å²) in [6, 6.07) is 9.45. The smallest absolute Gasteiger partial charge is 0.162 e. The molecular weight excluding hydrogens is 374 g/mol. The number of rotatable bonds is 3. The van der Waals surface area contributed by atoms with Crippen LogP contribution in [-0.4, -0.2) is 13.2 Å². The first kappa shape index (κ1) is 14.9. The highest BCUT2D eigenvalue weighted by Gasteiger charge is 2.15. The van der Waals surface area contributed by atoms with Gasteiger partial charge in [-0.25, -0.2) is 0 Å². The Hall–Kier alpha value is -1.04. The molecule has 2 N–H and O–H groups in total. The van der Waals surface area contributed by atoms with Crippen LogP contribution in [0.15, 0.2) is 39.7 Å². The first-order chi connectivity index (χ1) is 10.1. The zero-order valence-corrected chi connectivity index (χ0v) is 14.2. The lowest BCUT2D eigenvalue weighted by Crippen LogP contribution is -2.15. The van der Waals surface area contributed by atoms with E-state index in [4.69, 9.17) is 26.8 Å². The van der Waals surface area contributed by atoms with Crippen LogP contribution in [0.4, 0.5) is 5.69 Å². The Bertz CT molecular complexity index is 681. The van der Waals surface area contributed by atoms with Gasteiger partial charge in [-0.15, -0.1) is 11.8 Å². The summed E-state index contributed by atoms with van der Waals surface area (Å²) in [6.45, 7) is 1.18. The Morgan fingerprint density at radius 1 is 1.14 bits per heavy atom. The van der Waals surface area contributed by atoms with Crippen LogP contribution in [0.5, 0.6) is 11.5 Å². The molecule has 1 aliphatic heterocycles. The zero-order chi connectivity index (χ0) is 14.8. The predicted molar refractivity (Wildman–Crippen MR) is 90.6 cm³/mol. The lowest BCUT2D eigenvalue weighted by atomic mass is 10.2. The predicted octanol–water partition coefficient (Wildman–Crippen LogP) is 4.75. The molecule has 2 aromatic rings. The van der Waals surface area contributed by atoms with Gasteiger partial charge in [0.2, 0.25) is 0 Å². The highest BCUT2D eigenvalue weighted by Crippen LogP contribution is 2.38. The van der Waals surface area contributed by atoms with Crippen molar-refractivity contribution < 1.29 is 9.47 Å². The number of hydrogen-bond acceptors (Lipinski definition) is 4. The molecule has 0 saturated carbocycles. The second-order valence-electron chi connectivity index (χ2n) is 4.56. The maximum Gasteiger partial charge on any atom is 0.162 e. The first-order valence-electron chi connectivity index (χ1n) is 6.39. The molecular formula is C15H13BrClNO2S. The van der Waals surface area contributed by atoms with Crippen LogP contribution < -0.4 is 15.2 Å². The van der Waals surface area contributed by atoms with E-state index in [1.807, 2.05) is 24.3 Å². The van der Waals surface area contributed by atoms with Crippen LogP contribution in [-0.2, 0) is 5.75 Å². The maximum atomic E-state index is 6.01. The van der Waals surface area contributed by atoms with Gasteiger partial charge >= 0.3 is 0 Å². The van der Waals surface area contributed by atoms with Gasteiger partial charge in [0.05, 0.1) is 0 Å². The number of nitrogens with two attached hydrogens (primary N) is 1. The molecule has 0 aromatic heterocycles. The van der Waals surface area contributed by atoms with Crippen molar-refractivity contribution in [3.63, 3.8) is 0 Å². The molecule has 0 spiro atoms. The zero-order valence-electron chi connectivity index (χ0n) is 11.1. The van der Waals surface area contributed by atoms with Crippen molar-refractivity contribution in [2.45, 2.75) is 10.6 Å². The lowest BCUT2D eigenvalue weighted by Gasteiger charge is -2.20. The molecule has 3 rings (SSSR count). The number of hydrogen-bond donors (Lipinski definition) is 1. The average molecular weight is 387 g/mol. The van der Waals surface area contributed by atoms with Crippen molar-refractivity contribution in [2.75, 3.05) is 18.9 Å². The molecule has 3 nitrogen and oxygen atoms in total. The summed E-state index contributed by atoms with van der Waals surface area (Å²) in [5.41, 5.74) is 7.83. The largest absolute Gasteiger partial charge is 0.486 e. The number of anilines is 1. The summed E-state index contributed by atoms with van der Waals surface area (Å²) in [4.78, 5) is 0.976. The molecule has 1 aliphatic rings. The fourth-order valence-electron chi connectivity index (χ4n) is 2.01. The molecule has 0 fully saturated rings. The average Bonchev–Trinajstić information content (AvgIpc) is 2.48. The molecule has 110 valence electrons. The third-order valence-electron chi connectivity index (χ3n) is 3.07. The SMILES string of the molecule is Nc1ccc(Cl)cc1SCc1cc2c(cc1Br)OCCO2. The van der Waals surface area contributed by atoms with Crippen molar-refractivity contribution in [1.29, 1.82) is 0 Å². The monoisotopic (exact) mass is 385 g/mol. The standard InChI is InChI=1S/C15H13BrClNO2S/c16-11-7-14-13(19-3-4-20-14)5-9(11)8-21-15-6-10(17)1-2-12(15)18/h1-2,5-7H,3-4,8,18H2. The Balaban J connectivity index is 1.80. The van der Waals surface area contributed by atoms with Gasteiger partial charge in [0.15, 0.2) is 11.5 Å². The Labute approximate surface area is 140 Å². The van der Waals surface area contributed by atoms with Crippen LogP contribution in [0.25, 0.3) is 0 Å². The van der Waals surface area contributed by atoms with Gasteiger partial charge in [0.25, 0.3) is 0 Å². The van der Waals surface area contributed by atoms with Crippen LogP contribution in [0.3, 0.4) is 0 Å². The van der Waals surface area contributed by atoms with Gasteiger partial charge < -0.3 is 15.2 Å². The lowest BCUT2D eigenvalue weighted by molar-refractivity contribution is 0.171. The second kappa shape index (κ2) is 6.38. The highest BCUT2D eigenvalue weighted by atomic mass is 79.9. The molecule has 0 amide bonds. The molecule has 0 radical (unpaired) electrons. The topological polar surface area (TPSA) is 44.5 Å². The maximum absolute atomic E-state index is 6.01. The van der Waals surface area contributed by atoms with Crippen LogP contribution in [0.2, 0.25) is 5.02 Å². The van der Waals surface area contributed by atoms with Gasteiger partial charge in [-0.1, -0.05) is 27.5 Å². The number of nitrogen functional groups attached to an aromatic ring is 1. The van der Waals surface area contributed by atoms with Gasteiger partial charge in [0, 0.05) is 25.8 Å². The van der Waals surface area contributed by atoms with Gasteiger partial charge in [-0.05, 0) is 35.9 Å². The molecule has 0 unspecified atom stereocenters. The number of benzene rings is 2. The summed E-state index contributed by atoms with van der Waals surface area (Å²) < 4.78 is 12.2. The summed E-state index contributed by atoms with van der Waals surface area (Å²) in [5, 5.41) is 0.688. The fourth-order valence-corrected chi connectivity index (χ4v) is 3.89. The van der Waals surface area contributed by atoms with E-state index in [-0.39, 0.29) is 0 Å². The van der Waals surface area contributed by atoms with Crippen molar-refractivity contribution in [3.05, 3.63) is 45.4 Å². The Morgan fingerprint density at radius 3 is 2.62 bits per heavy atom. The number of thioether (sulfide) groups is 1. The van der Waals surface area contributed by atoms with Gasteiger partial charge in [-0.3, -0.25) is 0 Å². The minimum absolute atomic E-state index is 0.586. The third-order valence-corrected chi connectivity index (χ3v) is 5.16. The normalized spacial score (nSPS) is 13.2. The molecule has 0 atom stereocenters. The summed E-state index contributed by atoms with van der Waals surface area (Å²) >= 11 is 11.2. The van der Waals surface area contributed by atoms with E-state index in [0.29, 0.717) is 18.2 Å². The van der Waals surface area contributed by atoms with Crippen molar-refractivity contribution in [3.8, 4) is 11.5 Å². The molecule has 0 saturated heterocycles. The molecule has 1 heterocycles. The van der Waals surface area contributed by atoms with Gasteiger partial charge in [-0.2, -0.15) is 0 Å². The van der Waals surface area contributed by atoms with Crippen molar-refractivity contribution in [1.82, 2.24) is 0 Å². The molecule has 0 bridgehead atoms. The third kappa shape index (κ3) is 3.42. The number of ether oxygens (including phenoxy) is 2. The highest BCUT2D eigenvalue weighted by molar-refractivity contribution is 9.10. The number of fused-ring (bicyclic) bond motifs is 1. The van der Waals surface area contributed by atoms with E-state index in [9.17, 15) is 0 Å². The molecule has 0 aliphatic carbocycles. The minimum atomic E-state index is 0.586. The van der Waals surface area contributed by atoms with E-state index >= 15 is 0 Å². The van der Waals surface area contributed by atoms with Gasteiger partial charge in [0.1, 0.15) is 13.2 Å². The molecule has 2 aromatic carbocycles. The minimum Gasteiger partial charge on any atom is -0.486 e. The molecule has 21 heavy (non-hydrogen) atoms. The fraction of sp³-hybridized carbons (Fsp3) is 0.200. The first-order valence-corrected chi connectivity index (χ1v) is 8.55. The second-order valence-corrected chi connectivity index (χ2v) is 6.87. The van der Waals surface area contributed by atoms with Crippen molar-refractivity contribution >= 4 is 45.0 Å². The number of halogens is 2. The molecule has 6 heteroatoms. The van der Waals surface area contributed by atoms with E-state index in [1.165, 1.54) is 0 Å². The van der Waals surface area contributed by atoms with E-state index < -0.39 is 0 Å². The quantitative estimate of drug-likeness (QED) is 0.611. The summed E-state index contributed by atoms with van der Waals surface area (Å²) in [6.07, 6.45) is 0. The van der Waals surface area contributed by atoms with Crippen molar-refractivity contribution in [2.24, 2.45) is 0 Å². The van der Waals surface area contributed by atoms with E-state index in [2.05, 4.69) is 15.9 Å². The summed E-state index contributed by atoms with van der Waals surface area (Å²) in [7, 11) is 0. The van der Waals surface area contributed by atoms with E-state index in [1.54, 1.807) is 17.8 Å².